The molecule has 0 aliphatic carbocycles. The van der Waals surface area contributed by atoms with Crippen LogP contribution in [0, 0.1) is 0 Å². The number of ether oxygens (including phenoxy) is 1. The summed E-state index contributed by atoms with van der Waals surface area (Å²) in [5, 5.41) is 0.520. The van der Waals surface area contributed by atoms with Gasteiger partial charge in [0.15, 0.2) is 0 Å². The summed E-state index contributed by atoms with van der Waals surface area (Å²) >= 11 is 0. The molecule has 5 nitrogen and oxygen atoms in total. The van der Waals surface area contributed by atoms with Crippen molar-refractivity contribution in [3.8, 4) is 0 Å². The van der Waals surface area contributed by atoms with Gasteiger partial charge in [0.2, 0.25) is 0 Å². The number of carbonyl (C=O) groups is 1. The first-order valence-electron chi connectivity index (χ1n) is 7.51. The quantitative estimate of drug-likeness (QED) is 0.657. The van der Waals surface area contributed by atoms with Crippen molar-refractivity contribution in [1.29, 1.82) is 0 Å². The number of hydrogen-bond donors (Lipinski definition) is 1. The number of nitrogens with one attached hydrogen (secondary N) is 1. The zero-order chi connectivity index (χ0) is 15.9. The molecule has 0 radical (unpaired) electrons. The lowest BCUT2D eigenvalue weighted by molar-refractivity contribution is -0.137. The van der Waals surface area contributed by atoms with E-state index in [1.54, 1.807) is 19.1 Å². The van der Waals surface area contributed by atoms with Gasteiger partial charge >= 0.3 is 5.97 Å². The first-order valence-corrected chi connectivity index (χ1v) is 7.51. The third-order valence-electron chi connectivity index (χ3n) is 3.26. The van der Waals surface area contributed by atoms with Crippen LogP contribution in [-0.2, 0) is 16.0 Å². The summed E-state index contributed by atoms with van der Waals surface area (Å²) in [5.41, 5.74) is 1.28. The fourth-order valence-corrected chi connectivity index (χ4v) is 2.13. The summed E-state index contributed by atoms with van der Waals surface area (Å²) in [7, 11) is 0. The number of benzene rings is 1. The fraction of sp³-hybridized carbons (Fsp3) is 0.353. The minimum atomic E-state index is -0.399. The highest BCUT2D eigenvalue weighted by Gasteiger charge is 2.04. The molecule has 0 unspecified atom stereocenters. The summed E-state index contributed by atoms with van der Waals surface area (Å²) in [6.07, 6.45) is 5.80. The highest BCUT2D eigenvalue weighted by atomic mass is 16.5. The van der Waals surface area contributed by atoms with Crippen molar-refractivity contribution in [2.24, 2.45) is 0 Å². The summed E-state index contributed by atoms with van der Waals surface area (Å²) < 4.78 is 4.82. The van der Waals surface area contributed by atoms with E-state index in [0.717, 1.165) is 30.3 Å². The third-order valence-corrected chi connectivity index (χ3v) is 3.26. The summed E-state index contributed by atoms with van der Waals surface area (Å²) in [4.78, 5) is 30.7. The monoisotopic (exact) mass is 300 g/mol. The van der Waals surface area contributed by atoms with Crippen LogP contribution in [0.25, 0.3) is 17.0 Å². The minimum Gasteiger partial charge on any atom is -0.463 e. The molecule has 1 aromatic carbocycles. The molecule has 0 aliphatic heterocycles. The number of fused-ring (bicyclic) bond motifs is 1. The number of aromatic nitrogens is 2. The Bertz CT molecular complexity index is 747. The van der Waals surface area contributed by atoms with Gasteiger partial charge in [0.25, 0.3) is 5.56 Å². The van der Waals surface area contributed by atoms with Crippen LogP contribution in [0.1, 0.15) is 38.1 Å². The Morgan fingerprint density at radius 3 is 2.91 bits per heavy atom. The van der Waals surface area contributed by atoms with Crippen molar-refractivity contribution in [1.82, 2.24) is 9.97 Å². The van der Waals surface area contributed by atoms with Gasteiger partial charge in [0.1, 0.15) is 5.82 Å². The molecule has 2 aromatic rings. The maximum atomic E-state index is 12.1. The number of hydrogen-bond acceptors (Lipinski definition) is 4. The Kier molecular flexibility index (Phi) is 5.47. The van der Waals surface area contributed by atoms with Gasteiger partial charge in [-0.25, -0.2) is 4.79 Å². The lowest BCUT2D eigenvalue weighted by Gasteiger charge is -2.03. The Labute approximate surface area is 129 Å². The SMILES string of the molecule is CCCCc1nc(=O)c2cc(/C=C/C(=O)OCC)ccc2[nH]1. The Hall–Kier alpha value is -2.43. The molecule has 0 aliphatic rings. The first-order chi connectivity index (χ1) is 10.6. The van der Waals surface area contributed by atoms with E-state index < -0.39 is 5.97 Å². The molecule has 0 spiro atoms. The molecule has 0 saturated heterocycles. The summed E-state index contributed by atoms with van der Waals surface area (Å²) in [6.45, 7) is 4.19. The van der Waals surface area contributed by atoms with E-state index in [-0.39, 0.29) is 5.56 Å². The number of esters is 1. The largest absolute Gasteiger partial charge is 0.463 e. The molecule has 22 heavy (non-hydrogen) atoms. The zero-order valence-corrected chi connectivity index (χ0v) is 12.9. The molecule has 1 heterocycles. The van der Waals surface area contributed by atoms with E-state index in [1.165, 1.54) is 6.08 Å². The number of aromatic amines is 1. The number of carbonyl (C=O) groups excluding carboxylic acids is 1. The van der Waals surface area contributed by atoms with Crippen LogP contribution in [0.4, 0.5) is 0 Å². The molecule has 0 fully saturated rings. The third kappa shape index (κ3) is 4.04. The topological polar surface area (TPSA) is 72.1 Å². The fourth-order valence-electron chi connectivity index (χ4n) is 2.13. The van der Waals surface area contributed by atoms with Gasteiger partial charge in [0, 0.05) is 12.5 Å². The number of unbranched alkanes of at least 4 members (excludes halogenated alkanes) is 1. The maximum absolute atomic E-state index is 12.1. The van der Waals surface area contributed by atoms with Crippen molar-refractivity contribution in [3.05, 3.63) is 46.0 Å². The number of nitrogens with zero attached hydrogens (tertiary/aromatic N) is 1. The van der Waals surface area contributed by atoms with Crippen molar-refractivity contribution in [3.63, 3.8) is 0 Å². The second kappa shape index (κ2) is 7.54. The number of rotatable bonds is 6. The van der Waals surface area contributed by atoms with E-state index in [1.807, 2.05) is 12.1 Å². The molecular formula is C17H20N2O3. The molecule has 0 amide bonds. The van der Waals surface area contributed by atoms with Crippen molar-refractivity contribution in [2.45, 2.75) is 33.1 Å². The average molecular weight is 300 g/mol. The van der Waals surface area contributed by atoms with Crippen LogP contribution < -0.4 is 5.56 Å². The normalized spacial score (nSPS) is 11.2. The molecule has 2 rings (SSSR count). The van der Waals surface area contributed by atoms with E-state index in [4.69, 9.17) is 4.74 Å². The van der Waals surface area contributed by atoms with E-state index >= 15 is 0 Å². The van der Waals surface area contributed by atoms with Gasteiger partial charge in [-0.3, -0.25) is 4.79 Å². The standard InChI is InChI=1S/C17H20N2O3/c1-3-5-6-15-18-14-9-7-12(8-10-16(20)22-4-2)11-13(14)17(21)19-15/h7-11H,3-6H2,1-2H3,(H,18,19,21)/b10-8+. The molecule has 116 valence electrons. The van der Waals surface area contributed by atoms with Crippen molar-refractivity contribution in [2.75, 3.05) is 6.61 Å². The van der Waals surface area contributed by atoms with Crippen LogP contribution in [-0.4, -0.2) is 22.5 Å². The predicted molar refractivity (Wildman–Crippen MR) is 86.6 cm³/mol. The average Bonchev–Trinajstić information content (AvgIpc) is 2.51. The molecule has 1 N–H and O–H groups in total. The van der Waals surface area contributed by atoms with Crippen LogP contribution in [0.5, 0.6) is 0 Å². The van der Waals surface area contributed by atoms with E-state index in [2.05, 4.69) is 16.9 Å². The molecule has 0 atom stereocenters. The van der Waals surface area contributed by atoms with Gasteiger partial charge in [-0.05, 0) is 37.1 Å². The van der Waals surface area contributed by atoms with Gasteiger partial charge in [-0.15, -0.1) is 0 Å². The predicted octanol–water partition coefficient (Wildman–Crippen LogP) is 2.84. The first kappa shape index (κ1) is 15.9. The number of aryl methyl sites for hydroxylation is 1. The lowest BCUT2D eigenvalue weighted by Crippen LogP contribution is -2.12. The molecule has 1 aromatic heterocycles. The van der Waals surface area contributed by atoms with Gasteiger partial charge in [0.05, 0.1) is 17.5 Å². The second-order valence-corrected chi connectivity index (χ2v) is 4.98. The lowest BCUT2D eigenvalue weighted by atomic mass is 10.1. The Balaban J connectivity index is 2.29. The Morgan fingerprint density at radius 1 is 1.36 bits per heavy atom. The minimum absolute atomic E-state index is 0.244. The number of H-pyrrole nitrogens is 1. The van der Waals surface area contributed by atoms with Crippen LogP contribution >= 0.6 is 0 Å². The van der Waals surface area contributed by atoms with E-state index in [0.29, 0.717) is 17.8 Å². The van der Waals surface area contributed by atoms with Gasteiger partial charge in [-0.1, -0.05) is 19.4 Å². The van der Waals surface area contributed by atoms with Gasteiger partial charge in [-0.2, -0.15) is 4.98 Å². The molecule has 0 saturated carbocycles. The maximum Gasteiger partial charge on any atom is 0.330 e. The second-order valence-electron chi connectivity index (χ2n) is 4.98. The summed E-state index contributed by atoms with van der Waals surface area (Å²) in [6, 6.07) is 5.40. The van der Waals surface area contributed by atoms with Crippen LogP contribution in [0.2, 0.25) is 0 Å². The Morgan fingerprint density at radius 2 is 2.18 bits per heavy atom. The van der Waals surface area contributed by atoms with Crippen LogP contribution in [0.15, 0.2) is 29.1 Å². The molecular weight excluding hydrogens is 280 g/mol. The van der Waals surface area contributed by atoms with E-state index in [9.17, 15) is 9.59 Å². The van der Waals surface area contributed by atoms with Crippen LogP contribution in [0.3, 0.4) is 0 Å². The zero-order valence-electron chi connectivity index (χ0n) is 12.9. The molecule has 0 bridgehead atoms. The smallest absolute Gasteiger partial charge is 0.330 e. The van der Waals surface area contributed by atoms with Crippen molar-refractivity contribution >= 4 is 22.9 Å². The highest BCUT2D eigenvalue weighted by molar-refractivity contribution is 5.88. The van der Waals surface area contributed by atoms with Crippen molar-refractivity contribution < 1.29 is 9.53 Å². The van der Waals surface area contributed by atoms with Gasteiger partial charge < -0.3 is 9.72 Å². The summed E-state index contributed by atoms with van der Waals surface area (Å²) in [5.74, 6) is 0.318. The molecule has 5 heteroatoms. The highest BCUT2D eigenvalue weighted by Crippen LogP contribution is 2.12.